The van der Waals surface area contributed by atoms with Crippen LogP contribution in [0.1, 0.15) is 62.9 Å². The number of rotatable bonds is 10. The number of unbranched alkanes of at least 4 members (excludes halogenated alkanes) is 4. The van der Waals surface area contributed by atoms with Crippen LogP contribution in [0.3, 0.4) is 0 Å². The number of ether oxygens (including phenoxy) is 1. The van der Waals surface area contributed by atoms with Gasteiger partial charge in [-0.15, -0.1) is 0 Å². The van der Waals surface area contributed by atoms with E-state index >= 15 is 0 Å². The van der Waals surface area contributed by atoms with E-state index in [1.54, 1.807) is 0 Å². The van der Waals surface area contributed by atoms with Gasteiger partial charge in [0.1, 0.15) is 0 Å². The van der Waals surface area contributed by atoms with Crippen molar-refractivity contribution in [1.82, 2.24) is 9.13 Å². The molecule has 0 spiro atoms. The summed E-state index contributed by atoms with van der Waals surface area (Å²) in [5.74, 6) is -1.06. The van der Waals surface area contributed by atoms with E-state index in [1.807, 2.05) is 13.8 Å². The fraction of sp³-hybridized carbons (Fsp3) is 0.688. The van der Waals surface area contributed by atoms with Gasteiger partial charge in [-0.25, -0.2) is 9.59 Å². The van der Waals surface area contributed by atoms with Crippen molar-refractivity contribution >= 4 is 11.7 Å². The summed E-state index contributed by atoms with van der Waals surface area (Å²) >= 11 is 0. The molecule has 0 aliphatic rings. The molecule has 0 aliphatic carbocycles. The highest BCUT2D eigenvalue weighted by Gasteiger charge is 2.32. The van der Waals surface area contributed by atoms with E-state index in [9.17, 15) is 24.5 Å². The molecule has 9 nitrogen and oxygen atoms in total. The number of carbonyl (C=O) groups excluding carboxylic acids is 1. The Bertz CT molecular complexity index is 735. The van der Waals surface area contributed by atoms with Gasteiger partial charge in [-0.3, -0.25) is 24.0 Å². The monoisotopic (exact) mass is 355 g/mol. The van der Waals surface area contributed by atoms with Gasteiger partial charge in [0.05, 0.1) is 12.0 Å². The zero-order chi connectivity index (χ0) is 19.0. The molecule has 0 amide bonds. The first-order valence-corrected chi connectivity index (χ1v) is 8.50. The van der Waals surface area contributed by atoms with E-state index in [4.69, 9.17) is 0 Å². The Balaban J connectivity index is 3.62. The van der Waals surface area contributed by atoms with Crippen LogP contribution in [-0.2, 0) is 17.8 Å². The summed E-state index contributed by atoms with van der Waals surface area (Å²) in [6, 6.07) is 0. The van der Waals surface area contributed by atoms with E-state index in [1.165, 1.54) is 0 Å². The zero-order valence-electron chi connectivity index (χ0n) is 14.9. The smallest absolute Gasteiger partial charge is 0.365 e. The van der Waals surface area contributed by atoms with Crippen LogP contribution in [0.5, 0.6) is 0 Å². The molecule has 1 rings (SSSR count). The number of carbonyl (C=O) groups is 1. The second kappa shape index (κ2) is 9.75. The molecule has 0 saturated carbocycles. The Morgan fingerprint density at radius 2 is 1.56 bits per heavy atom. The van der Waals surface area contributed by atoms with E-state index in [0.29, 0.717) is 12.8 Å². The van der Waals surface area contributed by atoms with Crippen molar-refractivity contribution in [3.63, 3.8) is 0 Å². The number of methoxy groups -OCH3 is 1. The highest BCUT2D eigenvalue weighted by atomic mass is 16.6. The molecule has 0 atom stereocenters. The average molecular weight is 355 g/mol. The third-order valence-corrected chi connectivity index (χ3v) is 3.94. The summed E-state index contributed by atoms with van der Waals surface area (Å²) in [6.45, 7) is 4.14. The van der Waals surface area contributed by atoms with Crippen LogP contribution in [0.25, 0.3) is 0 Å². The number of esters is 1. The average Bonchev–Trinajstić information content (AvgIpc) is 2.58. The minimum atomic E-state index is -1.06. The molecule has 140 valence electrons. The van der Waals surface area contributed by atoms with Gasteiger partial charge in [0.15, 0.2) is 0 Å². The van der Waals surface area contributed by atoms with Crippen molar-refractivity contribution in [1.29, 1.82) is 0 Å². The van der Waals surface area contributed by atoms with Crippen molar-refractivity contribution in [3.8, 4) is 0 Å². The van der Waals surface area contributed by atoms with Crippen LogP contribution < -0.4 is 11.2 Å². The first kappa shape index (κ1) is 20.6. The fourth-order valence-corrected chi connectivity index (χ4v) is 2.60. The van der Waals surface area contributed by atoms with Gasteiger partial charge in [0, 0.05) is 13.1 Å². The van der Waals surface area contributed by atoms with Gasteiger partial charge >= 0.3 is 22.9 Å². The molecule has 0 saturated heterocycles. The summed E-state index contributed by atoms with van der Waals surface area (Å²) in [5.41, 5.74) is -3.24. The third-order valence-electron chi connectivity index (χ3n) is 3.94. The lowest BCUT2D eigenvalue weighted by atomic mass is 10.2. The number of nitro groups is 1. The fourth-order valence-electron chi connectivity index (χ4n) is 2.60. The maximum absolute atomic E-state index is 12.7. The number of hydrogen-bond donors (Lipinski definition) is 0. The van der Waals surface area contributed by atoms with Crippen LogP contribution in [0.2, 0.25) is 0 Å². The normalized spacial score (nSPS) is 10.7. The SMILES string of the molecule is CCCCCn1c(C(=O)OC)c([N+](=O)[O-])c(=O)n(CCCCC)c1=O. The molecule has 9 heteroatoms. The maximum Gasteiger partial charge on any atom is 0.365 e. The lowest BCUT2D eigenvalue weighted by Crippen LogP contribution is -2.44. The van der Waals surface area contributed by atoms with Crippen LogP contribution >= 0.6 is 0 Å². The van der Waals surface area contributed by atoms with Gasteiger partial charge in [0.25, 0.3) is 0 Å². The Kier molecular flexibility index (Phi) is 8.03. The summed E-state index contributed by atoms with van der Waals surface area (Å²) < 4.78 is 6.43. The largest absolute Gasteiger partial charge is 0.464 e. The molecular weight excluding hydrogens is 330 g/mol. The van der Waals surface area contributed by atoms with Crippen LogP contribution in [0.4, 0.5) is 5.69 Å². The Morgan fingerprint density at radius 3 is 2.00 bits per heavy atom. The first-order valence-electron chi connectivity index (χ1n) is 8.50. The summed E-state index contributed by atoms with van der Waals surface area (Å²) in [5, 5.41) is 11.4. The second-order valence-corrected chi connectivity index (χ2v) is 5.75. The molecule has 0 aromatic carbocycles. The van der Waals surface area contributed by atoms with Crippen molar-refractivity contribution in [2.75, 3.05) is 7.11 Å². The standard InChI is InChI=1S/C16H25N3O6/c1-4-6-8-10-17-13(15(21)25-3)12(19(23)24)14(20)18(16(17)22)11-9-7-5-2/h4-11H2,1-3H3. The summed E-state index contributed by atoms with van der Waals surface area (Å²) in [4.78, 5) is 47.7. The molecular formula is C16H25N3O6. The number of nitrogens with zero attached hydrogens (tertiary/aromatic N) is 3. The highest BCUT2D eigenvalue weighted by molar-refractivity contribution is 5.91. The van der Waals surface area contributed by atoms with E-state index in [-0.39, 0.29) is 13.1 Å². The van der Waals surface area contributed by atoms with Crippen LogP contribution in [-0.4, -0.2) is 27.1 Å². The van der Waals surface area contributed by atoms with Gasteiger partial charge in [-0.1, -0.05) is 39.5 Å². The Hall–Kier alpha value is -2.45. The third kappa shape index (κ3) is 4.77. The zero-order valence-corrected chi connectivity index (χ0v) is 14.9. The number of aromatic nitrogens is 2. The maximum atomic E-state index is 12.7. The minimum absolute atomic E-state index is 0.0849. The molecule has 0 unspecified atom stereocenters. The van der Waals surface area contributed by atoms with E-state index < -0.39 is 33.5 Å². The molecule has 1 aromatic rings. The molecule has 0 fully saturated rings. The minimum Gasteiger partial charge on any atom is -0.464 e. The topological polar surface area (TPSA) is 113 Å². The predicted octanol–water partition coefficient (Wildman–Crippen LogP) is 2.09. The molecule has 25 heavy (non-hydrogen) atoms. The summed E-state index contributed by atoms with van der Waals surface area (Å²) in [7, 11) is 1.06. The molecule has 0 bridgehead atoms. The highest BCUT2D eigenvalue weighted by Crippen LogP contribution is 2.14. The Morgan fingerprint density at radius 1 is 1.04 bits per heavy atom. The quantitative estimate of drug-likeness (QED) is 0.275. The van der Waals surface area contributed by atoms with Crippen molar-refractivity contribution in [2.45, 2.75) is 65.5 Å². The predicted molar refractivity (Wildman–Crippen MR) is 92.0 cm³/mol. The summed E-state index contributed by atoms with van der Waals surface area (Å²) in [6.07, 6.45) is 4.44. The van der Waals surface area contributed by atoms with Gasteiger partial charge < -0.3 is 4.74 Å². The van der Waals surface area contributed by atoms with Crippen molar-refractivity contribution in [3.05, 3.63) is 36.6 Å². The molecule has 0 aliphatic heterocycles. The first-order chi connectivity index (χ1) is 11.9. The molecule has 1 aromatic heterocycles. The molecule has 0 radical (unpaired) electrons. The second-order valence-electron chi connectivity index (χ2n) is 5.75. The van der Waals surface area contributed by atoms with E-state index in [0.717, 1.165) is 41.9 Å². The van der Waals surface area contributed by atoms with Crippen molar-refractivity contribution < 1.29 is 14.5 Å². The van der Waals surface area contributed by atoms with E-state index in [2.05, 4.69) is 4.74 Å². The Labute approximate surface area is 145 Å². The van der Waals surface area contributed by atoms with Gasteiger partial charge in [-0.2, -0.15) is 0 Å². The van der Waals surface area contributed by atoms with Gasteiger partial charge in [-0.05, 0) is 12.8 Å². The lowest BCUT2D eigenvalue weighted by molar-refractivity contribution is -0.387. The number of hydrogen-bond acceptors (Lipinski definition) is 6. The van der Waals surface area contributed by atoms with Gasteiger partial charge in [0.2, 0.25) is 5.69 Å². The van der Waals surface area contributed by atoms with Crippen LogP contribution in [0, 0.1) is 10.1 Å². The molecule has 0 N–H and O–H groups in total. The van der Waals surface area contributed by atoms with Crippen LogP contribution in [0.15, 0.2) is 9.59 Å². The van der Waals surface area contributed by atoms with Crippen molar-refractivity contribution in [2.24, 2.45) is 0 Å². The lowest BCUT2D eigenvalue weighted by Gasteiger charge is -2.14. The molecule has 1 heterocycles.